The van der Waals surface area contributed by atoms with E-state index < -0.39 is 5.97 Å². The Morgan fingerprint density at radius 1 is 1.59 bits per heavy atom. The number of carboxylic acids is 1. The lowest BCUT2D eigenvalue weighted by atomic mass is 9.87. The van der Waals surface area contributed by atoms with Crippen LogP contribution in [-0.4, -0.2) is 41.6 Å². The lowest BCUT2D eigenvalue weighted by molar-refractivity contribution is -0.144. The molecular weight excluding hydrogens is 220 g/mol. The van der Waals surface area contributed by atoms with Gasteiger partial charge in [0.05, 0.1) is 5.92 Å². The predicted molar refractivity (Wildman–Crippen MR) is 63.3 cm³/mol. The van der Waals surface area contributed by atoms with Crippen molar-refractivity contribution in [3.63, 3.8) is 0 Å². The second-order valence-corrected chi connectivity index (χ2v) is 4.33. The summed E-state index contributed by atoms with van der Waals surface area (Å²) >= 11 is 0. The molecule has 0 aromatic heterocycles. The third-order valence-electron chi connectivity index (χ3n) is 3.07. The number of rotatable bonds is 5. The van der Waals surface area contributed by atoms with Gasteiger partial charge in [-0.1, -0.05) is 6.92 Å². The number of urea groups is 1. The van der Waals surface area contributed by atoms with Crippen LogP contribution >= 0.6 is 0 Å². The van der Waals surface area contributed by atoms with Gasteiger partial charge in [0.15, 0.2) is 0 Å². The van der Waals surface area contributed by atoms with Crippen LogP contribution in [0.5, 0.6) is 0 Å². The number of carbonyl (C=O) groups excluding carboxylic acids is 1. The van der Waals surface area contributed by atoms with Gasteiger partial charge in [0.25, 0.3) is 0 Å². The molecule has 0 aliphatic carbocycles. The Kier molecular flexibility index (Phi) is 4.83. The first-order valence-corrected chi connectivity index (χ1v) is 5.75. The minimum atomic E-state index is -0.802. The number of terminal acetylenes is 1. The first-order chi connectivity index (χ1) is 8.06. The molecule has 1 aliphatic heterocycles. The maximum atomic E-state index is 11.5. The molecule has 1 rings (SSSR count). The number of carbonyl (C=O) groups is 2. The van der Waals surface area contributed by atoms with Crippen molar-refractivity contribution in [2.24, 2.45) is 11.8 Å². The molecular formula is C12H18N2O3. The van der Waals surface area contributed by atoms with E-state index in [2.05, 4.69) is 11.2 Å². The molecule has 5 nitrogen and oxygen atoms in total. The number of hydrogen-bond donors (Lipinski definition) is 2. The molecule has 1 saturated heterocycles. The van der Waals surface area contributed by atoms with Gasteiger partial charge in [-0.3, -0.25) is 4.79 Å². The van der Waals surface area contributed by atoms with Crippen molar-refractivity contribution in [2.75, 3.05) is 19.6 Å². The van der Waals surface area contributed by atoms with Gasteiger partial charge in [-0.2, -0.15) is 0 Å². The zero-order chi connectivity index (χ0) is 12.8. The third-order valence-corrected chi connectivity index (χ3v) is 3.07. The molecule has 0 radical (unpaired) electrons. The normalized spacial score (nSPS) is 16.8. The fourth-order valence-corrected chi connectivity index (χ4v) is 1.69. The van der Waals surface area contributed by atoms with Crippen molar-refractivity contribution in [3.8, 4) is 12.3 Å². The van der Waals surface area contributed by atoms with E-state index in [-0.39, 0.29) is 17.9 Å². The number of aliphatic carboxylic acids is 1. The number of nitrogens with one attached hydrogen (secondary N) is 1. The second kappa shape index (κ2) is 6.14. The molecule has 5 heteroatoms. The van der Waals surface area contributed by atoms with Crippen LogP contribution in [0.1, 0.15) is 19.8 Å². The average Bonchev–Trinajstić information content (AvgIpc) is 2.22. The monoisotopic (exact) mass is 238 g/mol. The smallest absolute Gasteiger partial charge is 0.317 e. The number of carboxylic acid groups (broad SMARTS) is 1. The van der Waals surface area contributed by atoms with Crippen LogP contribution in [-0.2, 0) is 4.79 Å². The Balaban J connectivity index is 2.17. The molecule has 0 aromatic carbocycles. The Labute approximate surface area is 101 Å². The first kappa shape index (κ1) is 13.4. The summed E-state index contributed by atoms with van der Waals surface area (Å²) in [4.78, 5) is 23.9. The van der Waals surface area contributed by atoms with E-state index >= 15 is 0 Å². The molecule has 2 N–H and O–H groups in total. The second-order valence-electron chi connectivity index (χ2n) is 4.33. The van der Waals surface area contributed by atoms with Crippen molar-refractivity contribution in [1.29, 1.82) is 0 Å². The maximum absolute atomic E-state index is 11.5. The van der Waals surface area contributed by atoms with Gasteiger partial charge in [0.2, 0.25) is 0 Å². The number of amides is 2. The van der Waals surface area contributed by atoms with E-state index in [9.17, 15) is 9.59 Å². The molecule has 94 valence electrons. The summed E-state index contributed by atoms with van der Waals surface area (Å²) in [5.41, 5.74) is 0. The van der Waals surface area contributed by atoms with Crippen LogP contribution < -0.4 is 5.32 Å². The third kappa shape index (κ3) is 3.66. The van der Waals surface area contributed by atoms with Crippen molar-refractivity contribution >= 4 is 12.0 Å². The van der Waals surface area contributed by atoms with Crippen molar-refractivity contribution < 1.29 is 14.7 Å². The first-order valence-electron chi connectivity index (χ1n) is 5.75. The summed E-state index contributed by atoms with van der Waals surface area (Å²) < 4.78 is 0. The highest BCUT2D eigenvalue weighted by Gasteiger charge is 2.36. The number of hydrogen-bond acceptors (Lipinski definition) is 2. The molecule has 1 heterocycles. The van der Waals surface area contributed by atoms with Crippen LogP contribution in [0.3, 0.4) is 0 Å². The van der Waals surface area contributed by atoms with Gasteiger partial charge in [-0.25, -0.2) is 4.79 Å². The molecule has 1 unspecified atom stereocenters. The number of likely N-dealkylation sites (tertiary alicyclic amines) is 1. The predicted octanol–water partition coefficient (Wildman–Crippen LogP) is 0.762. The van der Waals surface area contributed by atoms with Crippen molar-refractivity contribution in [1.82, 2.24) is 10.2 Å². The van der Waals surface area contributed by atoms with Gasteiger partial charge in [-0.05, 0) is 6.42 Å². The Hall–Kier alpha value is -1.70. The highest BCUT2D eigenvalue weighted by Crippen LogP contribution is 2.23. The van der Waals surface area contributed by atoms with Gasteiger partial charge < -0.3 is 15.3 Å². The van der Waals surface area contributed by atoms with E-state index in [0.29, 0.717) is 26.1 Å². The summed E-state index contributed by atoms with van der Waals surface area (Å²) in [6.45, 7) is 3.29. The van der Waals surface area contributed by atoms with Gasteiger partial charge >= 0.3 is 12.0 Å². The Bertz CT molecular complexity index is 329. The molecule has 1 aliphatic rings. The van der Waals surface area contributed by atoms with Crippen LogP contribution in [0.15, 0.2) is 0 Å². The van der Waals surface area contributed by atoms with Crippen molar-refractivity contribution in [2.45, 2.75) is 19.8 Å². The molecule has 1 fully saturated rings. The minimum Gasteiger partial charge on any atom is -0.481 e. The zero-order valence-corrected chi connectivity index (χ0v) is 9.98. The maximum Gasteiger partial charge on any atom is 0.317 e. The van der Waals surface area contributed by atoms with E-state index in [1.807, 2.05) is 0 Å². The molecule has 0 bridgehead atoms. The average molecular weight is 238 g/mol. The van der Waals surface area contributed by atoms with Crippen molar-refractivity contribution in [3.05, 3.63) is 0 Å². The van der Waals surface area contributed by atoms with Crippen LogP contribution in [0, 0.1) is 24.2 Å². The van der Waals surface area contributed by atoms with Crippen LogP contribution in [0.4, 0.5) is 4.79 Å². The van der Waals surface area contributed by atoms with E-state index in [4.69, 9.17) is 11.5 Å². The Morgan fingerprint density at radius 3 is 2.76 bits per heavy atom. The standard InChI is InChI=1S/C12H18N2O3/c1-3-4-5-6-13-12(17)14-7-10(8-14)9(2)11(15)16/h1,9-10H,4-8H2,2H3,(H,13,17)(H,15,16). The number of unbranched alkanes of at least 4 members (excludes halogenated alkanes) is 1. The van der Waals surface area contributed by atoms with Crippen LogP contribution in [0.25, 0.3) is 0 Å². The molecule has 0 saturated carbocycles. The summed E-state index contributed by atoms with van der Waals surface area (Å²) in [5, 5.41) is 11.6. The molecule has 17 heavy (non-hydrogen) atoms. The summed E-state index contributed by atoms with van der Waals surface area (Å²) in [6.07, 6.45) is 6.51. The van der Waals surface area contributed by atoms with Gasteiger partial charge in [0.1, 0.15) is 0 Å². The Morgan fingerprint density at radius 2 is 2.24 bits per heavy atom. The summed E-state index contributed by atoms with van der Waals surface area (Å²) in [6, 6.07) is -0.129. The largest absolute Gasteiger partial charge is 0.481 e. The molecule has 0 aromatic rings. The fourth-order valence-electron chi connectivity index (χ4n) is 1.69. The van der Waals surface area contributed by atoms with E-state index in [1.54, 1.807) is 11.8 Å². The quantitative estimate of drug-likeness (QED) is 0.549. The minimum absolute atomic E-state index is 0.0731. The highest BCUT2D eigenvalue weighted by atomic mass is 16.4. The SMILES string of the molecule is C#CCCCNC(=O)N1CC(C(C)C(=O)O)C1. The number of nitrogens with zero attached hydrogens (tertiary/aromatic N) is 1. The summed E-state index contributed by atoms with van der Waals surface area (Å²) in [5.74, 6) is 1.39. The lowest BCUT2D eigenvalue weighted by Gasteiger charge is -2.41. The summed E-state index contributed by atoms with van der Waals surface area (Å²) in [7, 11) is 0. The lowest BCUT2D eigenvalue weighted by Crippen LogP contribution is -2.56. The molecule has 2 amide bonds. The highest BCUT2D eigenvalue weighted by molar-refractivity contribution is 5.76. The topological polar surface area (TPSA) is 69.6 Å². The zero-order valence-electron chi connectivity index (χ0n) is 9.98. The van der Waals surface area contributed by atoms with Gasteiger partial charge in [-0.15, -0.1) is 12.3 Å². The fraction of sp³-hybridized carbons (Fsp3) is 0.667. The molecule has 1 atom stereocenters. The molecule has 0 spiro atoms. The van der Waals surface area contributed by atoms with Crippen LogP contribution in [0.2, 0.25) is 0 Å². The van der Waals surface area contributed by atoms with E-state index in [0.717, 1.165) is 6.42 Å². The van der Waals surface area contributed by atoms with Gasteiger partial charge in [0, 0.05) is 32.0 Å². The van der Waals surface area contributed by atoms with E-state index in [1.165, 1.54) is 0 Å².